The van der Waals surface area contributed by atoms with Gasteiger partial charge in [0.05, 0.1) is 12.8 Å². The molecule has 1 N–H and O–H groups in total. The maximum absolute atomic E-state index is 12.5. The van der Waals surface area contributed by atoms with E-state index in [2.05, 4.69) is 20.3 Å². The molecule has 1 amide bonds. The predicted octanol–water partition coefficient (Wildman–Crippen LogP) is 2.17. The monoisotopic (exact) mass is 419 g/mol. The van der Waals surface area contributed by atoms with Crippen molar-refractivity contribution >= 4 is 11.7 Å². The summed E-state index contributed by atoms with van der Waals surface area (Å²) in [5.74, 6) is 1.49. The van der Waals surface area contributed by atoms with E-state index in [0.29, 0.717) is 25.3 Å². The van der Waals surface area contributed by atoms with Gasteiger partial charge in [-0.1, -0.05) is 6.07 Å². The molecule has 0 radical (unpaired) electrons. The Balaban J connectivity index is 1.38. The molecule has 1 aliphatic rings. The Morgan fingerprint density at radius 1 is 1.13 bits per heavy atom. The van der Waals surface area contributed by atoms with E-state index in [4.69, 9.17) is 4.74 Å². The number of nitrogens with zero attached hydrogens (tertiary/aromatic N) is 4. The molecule has 0 aliphatic carbocycles. The number of rotatable bonds is 6. The molecule has 0 unspecified atom stereocenters. The Bertz CT molecular complexity index is 1070. The van der Waals surface area contributed by atoms with Gasteiger partial charge in [-0.2, -0.15) is 4.68 Å². The first-order valence-corrected chi connectivity index (χ1v) is 10.3. The topological polar surface area (TPSA) is 89.3 Å². The SMILES string of the molecule is COc1ccc(-n2nc(N3CCC(C(=O)NCc4cccnc4)CC3)ccc2=O)cc1. The molecule has 0 saturated carbocycles. The number of pyridine rings is 1. The van der Waals surface area contributed by atoms with Gasteiger partial charge in [-0.05, 0) is 54.8 Å². The largest absolute Gasteiger partial charge is 0.497 e. The van der Waals surface area contributed by atoms with Gasteiger partial charge in [0.2, 0.25) is 5.91 Å². The number of hydrogen-bond donors (Lipinski definition) is 1. The van der Waals surface area contributed by atoms with Crippen LogP contribution in [0.25, 0.3) is 5.69 Å². The van der Waals surface area contributed by atoms with Crippen LogP contribution in [0.3, 0.4) is 0 Å². The molecule has 31 heavy (non-hydrogen) atoms. The van der Waals surface area contributed by atoms with E-state index in [0.717, 1.165) is 30.0 Å². The Labute approximate surface area is 180 Å². The summed E-state index contributed by atoms with van der Waals surface area (Å²) < 4.78 is 6.56. The van der Waals surface area contributed by atoms with Crippen molar-refractivity contribution < 1.29 is 9.53 Å². The molecule has 4 rings (SSSR count). The normalized spacial score (nSPS) is 14.3. The van der Waals surface area contributed by atoms with E-state index in [1.807, 2.05) is 12.1 Å². The third-order valence-corrected chi connectivity index (χ3v) is 5.48. The van der Waals surface area contributed by atoms with E-state index in [1.165, 1.54) is 10.7 Å². The second-order valence-corrected chi connectivity index (χ2v) is 7.48. The summed E-state index contributed by atoms with van der Waals surface area (Å²) in [4.78, 5) is 31.0. The molecule has 1 aromatic carbocycles. The van der Waals surface area contributed by atoms with Crippen molar-refractivity contribution in [2.75, 3.05) is 25.1 Å². The van der Waals surface area contributed by atoms with Gasteiger partial charge in [-0.3, -0.25) is 14.6 Å². The van der Waals surface area contributed by atoms with Gasteiger partial charge in [-0.25, -0.2) is 0 Å². The first-order valence-electron chi connectivity index (χ1n) is 10.3. The quantitative estimate of drug-likeness (QED) is 0.659. The highest BCUT2D eigenvalue weighted by atomic mass is 16.5. The molecule has 8 nitrogen and oxygen atoms in total. The number of hydrogen-bond acceptors (Lipinski definition) is 6. The number of methoxy groups -OCH3 is 1. The average Bonchev–Trinajstić information content (AvgIpc) is 2.84. The van der Waals surface area contributed by atoms with Gasteiger partial charge in [0.1, 0.15) is 11.6 Å². The Morgan fingerprint density at radius 2 is 1.90 bits per heavy atom. The lowest BCUT2D eigenvalue weighted by Crippen LogP contribution is -2.41. The smallest absolute Gasteiger partial charge is 0.271 e. The van der Waals surface area contributed by atoms with Gasteiger partial charge in [0.15, 0.2) is 0 Å². The van der Waals surface area contributed by atoms with Crippen LogP contribution in [-0.4, -0.2) is 40.9 Å². The fourth-order valence-electron chi connectivity index (χ4n) is 3.69. The molecule has 0 spiro atoms. The highest BCUT2D eigenvalue weighted by Crippen LogP contribution is 2.22. The number of aromatic nitrogens is 3. The number of ether oxygens (including phenoxy) is 1. The number of amides is 1. The highest BCUT2D eigenvalue weighted by molar-refractivity contribution is 5.78. The molecular formula is C23H25N5O3. The van der Waals surface area contributed by atoms with Gasteiger partial charge in [-0.15, -0.1) is 5.10 Å². The van der Waals surface area contributed by atoms with Gasteiger partial charge in [0.25, 0.3) is 5.56 Å². The number of anilines is 1. The lowest BCUT2D eigenvalue weighted by molar-refractivity contribution is -0.125. The molecule has 160 valence electrons. The summed E-state index contributed by atoms with van der Waals surface area (Å²) in [5, 5.41) is 7.55. The summed E-state index contributed by atoms with van der Waals surface area (Å²) in [6, 6.07) is 14.3. The number of carbonyl (C=O) groups is 1. The molecule has 1 fully saturated rings. The van der Waals surface area contributed by atoms with Crippen molar-refractivity contribution in [3.63, 3.8) is 0 Å². The van der Waals surface area contributed by atoms with Crippen LogP contribution in [0.15, 0.2) is 65.7 Å². The third-order valence-electron chi connectivity index (χ3n) is 5.48. The minimum atomic E-state index is -0.196. The van der Waals surface area contributed by atoms with Crippen molar-refractivity contribution in [3.05, 3.63) is 76.8 Å². The molecule has 3 heterocycles. The van der Waals surface area contributed by atoms with Crippen molar-refractivity contribution in [1.29, 1.82) is 0 Å². The van der Waals surface area contributed by atoms with Crippen LogP contribution >= 0.6 is 0 Å². The van der Waals surface area contributed by atoms with Crippen molar-refractivity contribution in [3.8, 4) is 11.4 Å². The fraction of sp³-hybridized carbons (Fsp3) is 0.304. The molecule has 1 saturated heterocycles. The zero-order valence-corrected chi connectivity index (χ0v) is 17.4. The first-order chi connectivity index (χ1) is 15.1. The minimum absolute atomic E-state index is 0.0274. The number of carbonyl (C=O) groups excluding carboxylic acids is 1. The van der Waals surface area contributed by atoms with Crippen molar-refractivity contribution in [2.24, 2.45) is 5.92 Å². The third kappa shape index (κ3) is 4.91. The maximum Gasteiger partial charge on any atom is 0.271 e. The zero-order valence-electron chi connectivity index (χ0n) is 17.4. The highest BCUT2D eigenvalue weighted by Gasteiger charge is 2.25. The minimum Gasteiger partial charge on any atom is -0.497 e. The average molecular weight is 419 g/mol. The molecular weight excluding hydrogens is 394 g/mol. The second kappa shape index (κ2) is 9.42. The van der Waals surface area contributed by atoms with E-state index in [9.17, 15) is 9.59 Å². The van der Waals surface area contributed by atoms with Crippen LogP contribution < -0.4 is 20.5 Å². The van der Waals surface area contributed by atoms with E-state index in [-0.39, 0.29) is 17.4 Å². The molecule has 3 aromatic rings. The van der Waals surface area contributed by atoms with E-state index < -0.39 is 0 Å². The van der Waals surface area contributed by atoms with Gasteiger partial charge in [0, 0.05) is 44.0 Å². The number of piperidine rings is 1. The van der Waals surface area contributed by atoms with Crippen LogP contribution in [0, 0.1) is 5.92 Å². The number of benzene rings is 1. The molecule has 0 atom stereocenters. The van der Waals surface area contributed by atoms with E-state index >= 15 is 0 Å². The van der Waals surface area contributed by atoms with Crippen LogP contribution in [0.2, 0.25) is 0 Å². The fourth-order valence-corrected chi connectivity index (χ4v) is 3.69. The van der Waals surface area contributed by atoms with Crippen LogP contribution in [0.1, 0.15) is 18.4 Å². The zero-order chi connectivity index (χ0) is 21.6. The summed E-state index contributed by atoms with van der Waals surface area (Å²) in [5.41, 5.74) is 1.47. The number of nitrogens with one attached hydrogen (secondary N) is 1. The Kier molecular flexibility index (Phi) is 6.26. The van der Waals surface area contributed by atoms with Gasteiger partial charge >= 0.3 is 0 Å². The van der Waals surface area contributed by atoms with Crippen LogP contribution in [0.4, 0.5) is 5.82 Å². The first kappa shape index (κ1) is 20.6. The lowest BCUT2D eigenvalue weighted by atomic mass is 9.96. The van der Waals surface area contributed by atoms with Crippen LogP contribution in [0.5, 0.6) is 5.75 Å². The standard InChI is InChI=1S/C23H25N5O3/c1-31-20-6-4-19(5-7-20)28-22(29)9-8-21(26-28)27-13-10-18(11-14-27)23(30)25-16-17-3-2-12-24-15-17/h2-9,12,15,18H,10-11,13-14,16H2,1H3,(H,25,30). The summed E-state index contributed by atoms with van der Waals surface area (Å²) in [6.45, 7) is 1.90. The molecule has 1 aliphatic heterocycles. The van der Waals surface area contributed by atoms with Crippen LogP contribution in [-0.2, 0) is 11.3 Å². The maximum atomic E-state index is 12.5. The van der Waals surface area contributed by atoms with Gasteiger partial charge < -0.3 is 15.0 Å². The lowest BCUT2D eigenvalue weighted by Gasteiger charge is -2.32. The van der Waals surface area contributed by atoms with E-state index in [1.54, 1.807) is 49.8 Å². The van der Waals surface area contributed by atoms with Crippen molar-refractivity contribution in [1.82, 2.24) is 20.1 Å². The molecule has 2 aromatic heterocycles. The molecule has 0 bridgehead atoms. The molecule has 8 heteroatoms. The summed E-state index contributed by atoms with van der Waals surface area (Å²) in [7, 11) is 1.60. The summed E-state index contributed by atoms with van der Waals surface area (Å²) >= 11 is 0. The second-order valence-electron chi connectivity index (χ2n) is 7.48. The Morgan fingerprint density at radius 3 is 2.58 bits per heavy atom. The summed E-state index contributed by atoms with van der Waals surface area (Å²) in [6.07, 6.45) is 4.95. The predicted molar refractivity (Wildman–Crippen MR) is 117 cm³/mol. The van der Waals surface area contributed by atoms with Crippen molar-refractivity contribution in [2.45, 2.75) is 19.4 Å². The Hall–Kier alpha value is -3.68.